The molecule has 5 heteroatoms. The van der Waals surface area contributed by atoms with Crippen LogP contribution < -0.4 is 10.7 Å². The molecule has 2 rings (SSSR count). The van der Waals surface area contributed by atoms with E-state index in [1.54, 1.807) is 24.5 Å². The monoisotopic (exact) mass is 246 g/mol. The molecule has 0 saturated carbocycles. The Morgan fingerprint density at radius 1 is 1.39 bits per heavy atom. The number of nitrogens with two attached hydrogens (primary N) is 1. The smallest absolute Gasteiger partial charge is 0.256 e. The van der Waals surface area contributed by atoms with E-state index in [9.17, 15) is 4.79 Å². The minimum Gasteiger partial charge on any atom is -0.330 e. The molecule has 1 amide bonds. The van der Waals surface area contributed by atoms with Crippen molar-refractivity contribution >= 4 is 17.3 Å². The lowest BCUT2D eigenvalue weighted by Gasteiger charge is -2.13. The zero-order chi connectivity index (χ0) is 13.0. The number of hydrogen-bond acceptors (Lipinski definition) is 4. The van der Waals surface area contributed by atoms with Gasteiger partial charge in [0, 0.05) is 12.4 Å². The third-order valence-corrected chi connectivity index (χ3v) is 3.10. The lowest BCUT2D eigenvalue weighted by molar-refractivity contribution is -0.119. The van der Waals surface area contributed by atoms with Gasteiger partial charge in [-0.3, -0.25) is 9.78 Å². The number of amides is 1. The van der Waals surface area contributed by atoms with Gasteiger partial charge in [0.25, 0.3) is 5.91 Å². The van der Waals surface area contributed by atoms with Crippen molar-refractivity contribution in [2.45, 2.75) is 26.2 Å². The van der Waals surface area contributed by atoms with Gasteiger partial charge in [0.2, 0.25) is 0 Å². The fourth-order valence-corrected chi connectivity index (χ4v) is 2.14. The molecule has 0 aromatic carbocycles. The lowest BCUT2D eigenvalue weighted by Crippen LogP contribution is -2.27. The maximum Gasteiger partial charge on any atom is 0.256 e. The average molecular weight is 246 g/mol. The number of rotatable bonds is 5. The predicted molar refractivity (Wildman–Crippen MR) is 71.2 cm³/mol. The van der Waals surface area contributed by atoms with Crippen LogP contribution in [0, 0.1) is 5.92 Å². The molecule has 0 aliphatic carbocycles. The molecule has 0 bridgehead atoms. The molecule has 96 valence electrons. The van der Waals surface area contributed by atoms with Gasteiger partial charge in [-0.25, -0.2) is 5.01 Å². The number of carbonyl (C=O) groups excluding carboxylic acids is 1. The summed E-state index contributed by atoms with van der Waals surface area (Å²) < 4.78 is 0. The van der Waals surface area contributed by atoms with Gasteiger partial charge in [-0.05, 0) is 37.9 Å². The predicted octanol–water partition coefficient (Wildman–Crippen LogP) is 1.55. The van der Waals surface area contributed by atoms with E-state index in [2.05, 4.69) is 10.1 Å². The number of hydrogen-bond donors (Lipinski definition) is 1. The molecule has 1 atom stereocenters. The van der Waals surface area contributed by atoms with Crippen molar-refractivity contribution in [1.82, 2.24) is 4.98 Å². The summed E-state index contributed by atoms with van der Waals surface area (Å²) in [5, 5.41) is 5.91. The summed E-state index contributed by atoms with van der Waals surface area (Å²) in [6, 6.07) is 3.58. The van der Waals surface area contributed by atoms with Gasteiger partial charge in [-0.2, -0.15) is 5.10 Å². The SMILES string of the molecule is CCC1=NN(c2ccncc2)C(=O)C1CCCN. The van der Waals surface area contributed by atoms with E-state index in [0.717, 1.165) is 30.7 Å². The molecule has 0 fully saturated rings. The Balaban J connectivity index is 2.20. The van der Waals surface area contributed by atoms with Gasteiger partial charge in [0.1, 0.15) is 0 Å². The van der Waals surface area contributed by atoms with E-state index in [1.807, 2.05) is 6.92 Å². The first-order valence-electron chi connectivity index (χ1n) is 6.29. The van der Waals surface area contributed by atoms with Crippen LogP contribution in [0.5, 0.6) is 0 Å². The van der Waals surface area contributed by atoms with Crippen LogP contribution in [0.4, 0.5) is 5.69 Å². The molecule has 1 aliphatic rings. The summed E-state index contributed by atoms with van der Waals surface area (Å²) in [6.45, 7) is 2.63. The molecular weight excluding hydrogens is 228 g/mol. The molecular formula is C13H18N4O. The third kappa shape index (κ3) is 2.41. The first-order valence-corrected chi connectivity index (χ1v) is 6.29. The molecule has 0 radical (unpaired) electrons. The highest BCUT2D eigenvalue weighted by Gasteiger charge is 2.34. The van der Waals surface area contributed by atoms with E-state index in [0.29, 0.717) is 6.54 Å². The normalized spacial score (nSPS) is 19.2. The second-order valence-corrected chi connectivity index (χ2v) is 4.28. The van der Waals surface area contributed by atoms with Crippen molar-refractivity contribution in [3.63, 3.8) is 0 Å². The van der Waals surface area contributed by atoms with E-state index >= 15 is 0 Å². The molecule has 1 unspecified atom stereocenters. The lowest BCUT2D eigenvalue weighted by atomic mass is 9.96. The minimum atomic E-state index is -0.105. The summed E-state index contributed by atoms with van der Waals surface area (Å²) in [5.41, 5.74) is 7.24. The molecule has 2 heterocycles. The van der Waals surface area contributed by atoms with Crippen LogP contribution in [-0.4, -0.2) is 23.1 Å². The van der Waals surface area contributed by atoms with Crippen LogP contribution in [0.3, 0.4) is 0 Å². The maximum absolute atomic E-state index is 12.3. The van der Waals surface area contributed by atoms with E-state index in [1.165, 1.54) is 5.01 Å². The Bertz CT molecular complexity index is 444. The van der Waals surface area contributed by atoms with Gasteiger partial charge in [-0.15, -0.1) is 0 Å². The Labute approximate surface area is 107 Å². The van der Waals surface area contributed by atoms with E-state index in [-0.39, 0.29) is 11.8 Å². The van der Waals surface area contributed by atoms with Crippen LogP contribution in [0.2, 0.25) is 0 Å². The average Bonchev–Trinajstić information content (AvgIpc) is 2.74. The summed E-state index contributed by atoms with van der Waals surface area (Å²) in [5.74, 6) is -0.0572. The Morgan fingerprint density at radius 3 is 2.72 bits per heavy atom. The zero-order valence-corrected chi connectivity index (χ0v) is 10.5. The van der Waals surface area contributed by atoms with Crippen LogP contribution in [0.1, 0.15) is 26.2 Å². The maximum atomic E-state index is 12.3. The highest BCUT2D eigenvalue weighted by Crippen LogP contribution is 2.26. The highest BCUT2D eigenvalue weighted by atomic mass is 16.2. The molecule has 2 N–H and O–H groups in total. The van der Waals surface area contributed by atoms with E-state index < -0.39 is 0 Å². The first kappa shape index (κ1) is 12.7. The van der Waals surface area contributed by atoms with Crippen molar-refractivity contribution in [3.05, 3.63) is 24.5 Å². The zero-order valence-electron chi connectivity index (χ0n) is 10.5. The largest absolute Gasteiger partial charge is 0.330 e. The summed E-state index contributed by atoms with van der Waals surface area (Å²) in [7, 11) is 0. The van der Waals surface area contributed by atoms with Gasteiger partial charge in [0.05, 0.1) is 17.3 Å². The van der Waals surface area contributed by atoms with Crippen LogP contribution >= 0.6 is 0 Å². The number of nitrogens with zero attached hydrogens (tertiary/aromatic N) is 3. The quantitative estimate of drug-likeness (QED) is 0.856. The number of pyridine rings is 1. The number of aromatic nitrogens is 1. The van der Waals surface area contributed by atoms with Gasteiger partial charge < -0.3 is 5.73 Å². The van der Waals surface area contributed by atoms with Crippen molar-refractivity contribution in [2.75, 3.05) is 11.6 Å². The Hall–Kier alpha value is -1.75. The van der Waals surface area contributed by atoms with Gasteiger partial charge in [0.15, 0.2) is 0 Å². The molecule has 0 spiro atoms. The fraction of sp³-hybridized carbons (Fsp3) is 0.462. The fourth-order valence-electron chi connectivity index (χ4n) is 2.14. The summed E-state index contributed by atoms with van der Waals surface area (Å²) in [6.07, 6.45) is 5.75. The van der Waals surface area contributed by atoms with Crippen molar-refractivity contribution in [2.24, 2.45) is 16.8 Å². The molecule has 1 aromatic heterocycles. The van der Waals surface area contributed by atoms with Gasteiger partial charge >= 0.3 is 0 Å². The highest BCUT2D eigenvalue weighted by molar-refractivity contribution is 6.15. The Morgan fingerprint density at radius 2 is 2.11 bits per heavy atom. The number of carbonyl (C=O) groups is 1. The Kier molecular flexibility index (Phi) is 4.04. The topological polar surface area (TPSA) is 71.6 Å². The second-order valence-electron chi connectivity index (χ2n) is 4.28. The van der Waals surface area contributed by atoms with Crippen LogP contribution in [0.15, 0.2) is 29.6 Å². The van der Waals surface area contributed by atoms with Crippen LogP contribution in [0.25, 0.3) is 0 Å². The van der Waals surface area contributed by atoms with Gasteiger partial charge in [-0.1, -0.05) is 6.92 Å². The third-order valence-electron chi connectivity index (χ3n) is 3.10. The minimum absolute atomic E-state index is 0.0477. The molecule has 5 nitrogen and oxygen atoms in total. The molecule has 1 aliphatic heterocycles. The number of anilines is 1. The first-order chi connectivity index (χ1) is 8.77. The summed E-state index contributed by atoms with van der Waals surface area (Å²) in [4.78, 5) is 16.3. The second kappa shape index (κ2) is 5.73. The molecule has 0 saturated heterocycles. The molecule has 18 heavy (non-hydrogen) atoms. The van der Waals surface area contributed by atoms with Crippen LogP contribution in [-0.2, 0) is 4.79 Å². The summed E-state index contributed by atoms with van der Waals surface area (Å²) >= 11 is 0. The molecule has 1 aromatic rings. The van der Waals surface area contributed by atoms with Crippen molar-refractivity contribution in [3.8, 4) is 0 Å². The van der Waals surface area contributed by atoms with Crippen molar-refractivity contribution < 1.29 is 4.79 Å². The van der Waals surface area contributed by atoms with Crippen molar-refractivity contribution in [1.29, 1.82) is 0 Å². The van der Waals surface area contributed by atoms with E-state index in [4.69, 9.17) is 5.73 Å². The standard InChI is InChI=1S/C13H18N4O/c1-2-12-11(4-3-7-14)13(18)17(16-12)10-5-8-15-9-6-10/h5-6,8-9,11H,2-4,7,14H2,1H3. The number of hydrazone groups is 1.